The molecule has 2 heterocycles. The molecule has 0 aromatic rings. The van der Waals surface area contributed by atoms with Crippen molar-refractivity contribution >= 4 is 39.3 Å². The quantitative estimate of drug-likeness (QED) is 0.663. The van der Waals surface area contributed by atoms with E-state index >= 15 is 0 Å². The first kappa shape index (κ1) is 11.0. The number of rotatable bonds is 1. The number of nitrogens with zero attached hydrogens (tertiary/aromatic N) is 1. The summed E-state index contributed by atoms with van der Waals surface area (Å²) in [4.78, 5) is 14.1. The summed E-state index contributed by atoms with van der Waals surface area (Å²) in [6, 6.07) is 0. The van der Waals surface area contributed by atoms with Crippen molar-refractivity contribution in [1.82, 2.24) is 4.90 Å². The first-order valence-electron chi connectivity index (χ1n) is 5.03. The number of thioether (sulfide) groups is 1. The summed E-state index contributed by atoms with van der Waals surface area (Å²) >= 11 is 1.85. The molecule has 80 valence electrons. The molecule has 2 fully saturated rings. The lowest BCUT2D eigenvalue weighted by atomic mass is 10.2. The van der Waals surface area contributed by atoms with Gasteiger partial charge in [-0.25, -0.2) is 0 Å². The van der Waals surface area contributed by atoms with Gasteiger partial charge in [0.25, 0.3) is 0 Å². The largest absolute Gasteiger partial charge is 0.340 e. The van der Waals surface area contributed by atoms with Gasteiger partial charge in [-0.2, -0.15) is 0 Å². The predicted octanol–water partition coefficient (Wildman–Crippen LogP) is 2.11. The van der Waals surface area contributed by atoms with Gasteiger partial charge >= 0.3 is 0 Å². The van der Waals surface area contributed by atoms with Crippen molar-refractivity contribution in [2.24, 2.45) is 0 Å². The highest BCUT2D eigenvalue weighted by Crippen LogP contribution is 2.29. The van der Waals surface area contributed by atoms with Crippen LogP contribution in [0.5, 0.6) is 0 Å². The summed E-state index contributed by atoms with van der Waals surface area (Å²) < 4.78 is 0. The van der Waals surface area contributed by atoms with Crippen LogP contribution in [-0.4, -0.2) is 46.4 Å². The minimum absolute atomic E-state index is 0.281. The van der Waals surface area contributed by atoms with Crippen LogP contribution in [0.4, 0.5) is 0 Å². The molecule has 0 saturated carbocycles. The van der Waals surface area contributed by atoms with Gasteiger partial charge in [0.15, 0.2) is 0 Å². The van der Waals surface area contributed by atoms with Crippen LogP contribution >= 0.6 is 33.3 Å². The first-order chi connectivity index (χ1) is 6.88. The summed E-state index contributed by atoms with van der Waals surface area (Å²) in [5.41, 5.74) is 0. The fraction of sp³-hybridized carbons (Fsp3) is 0.889. The van der Waals surface area contributed by atoms with E-state index in [2.05, 4.69) is 4.90 Å². The molecule has 5 heteroatoms. The molecule has 2 nitrogen and oxygen atoms in total. The summed E-state index contributed by atoms with van der Waals surface area (Å²) in [6.45, 7) is 1.90. The molecule has 0 N–H and O–H groups in total. The molecular weight excluding hydrogens is 234 g/mol. The van der Waals surface area contributed by atoms with Gasteiger partial charge in [-0.15, -0.1) is 11.8 Å². The monoisotopic (exact) mass is 249 g/mol. The molecular formula is C9H15NOS3. The highest BCUT2D eigenvalue weighted by molar-refractivity contribution is 8.76. The maximum Gasteiger partial charge on any atom is 0.235 e. The lowest BCUT2D eigenvalue weighted by Gasteiger charge is -2.22. The zero-order valence-electron chi connectivity index (χ0n) is 8.11. The molecule has 1 unspecified atom stereocenters. The Morgan fingerprint density at radius 2 is 1.86 bits per heavy atom. The van der Waals surface area contributed by atoms with Gasteiger partial charge in [-0.3, -0.25) is 4.79 Å². The first-order valence-corrected chi connectivity index (χ1v) is 8.56. The van der Waals surface area contributed by atoms with Crippen LogP contribution in [-0.2, 0) is 4.79 Å². The Kier molecular flexibility index (Phi) is 4.38. The average Bonchev–Trinajstić information content (AvgIpc) is 2.59. The van der Waals surface area contributed by atoms with Crippen molar-refractivity contribution in [3.63, 3.8) is 0 Å². The highest BCUT2D eigenvalue weighted by atomic mass is 33.1. The van der Waals surface area contributed by atoms with Gasteiger partial charge in [-0.05, 0) is 18.6 Å². The van der Waals surface area contributed by atoms with Crippen LogP contribution in [0, 0.1) is 0 Å². The molecule has 2 aliphatic rings. The van der Waals surface area contributed by atoms with Crippen molar-refractivity contribution < 1.29 is 4.79 Å². The number of carbonyl (C=O) groups excluding carboxylic acids is 1. The fourth-order valence-electron chi connectivity index (χ4n) is 1.72. The minimum atomic E-state index is 0.281. The van der Waals surface area contributed by atoms with Crippen molar-refractivity contribution in [2.75, 3.05) is 30.3 Å². The zero-order valence-corrected chi connectivity index (χ0v) is 10.6. The molecule has 0 aliphatic carbocycles. The topological polar surface area (TPSA) is 20.3 Å². The Morgan fingerprint density at radius 1 is 1.14 bits per heavy atom. The van der Waals surface area contributed by atoms with Gasteiger partial charge in [0.1, 0.15) is 0 Å². The number of amides is 1. The average molecular weight is 249 g/mol. The Bertz CT molecular complexity index is 198. The van der Waals surface area contributed by atoms with Crippen molar-refractivity contribution in [3.05, 3.63) is 0 Å². The third-order valence-electron chi connectivity index (χ3n) is 2.49. The van der Waals surface area contributed by atoms with Gasteiger partial charge in [0, 0.05) is 24.6 Å². The zero-order chi connectivity index (χ0) is 9.80. The van der Waals surface area contributed by atoms with Crippen LogP contribution in [0.1, 0.15) is 12.8 Å². The summed E-state index contributed by atoms with van der Waals surface area (Å²) in [6.07, 6.45) is 2.32. The molecule has 14 heavy (non-hydrogen) atoms. The van der Waals surface area contributed by atoms with Gasteiger partial charge < -0.3 is 4.90 Å². The second kappa shape index (κ2) is 5.56. The van der Waals surface area contributed by atoms with E-state index < -0.39 is 0 Å². The third kappa shape index (κ3) is 2.76. The smallest absolute Gasteiger partial charge is 0.235 e. The lowest BCUT2D eigenvalue weighted by Crippen LogP contribution is -2.39. The van der Waals surface area contributed by atoms with E-state index in [0.717, 1.165) is 31.0 Å². The predicted molar refractivity (Wildman–Crippen MR) is 67.0 cm³/mol. The highest BCUT2D eigenvalue weighted by Gasteiger charge is 2.28. The minimum Gasteiger partial charge on any atom is -0.340 e. The van der Waals surface area contributed by atoms with Crippen LogP contribution in [0.25, 0.3) is 0 Å². The second-order valence-electron chi connectivity index (χ2n) is 3.47. The number of hydrogen-bond donors (Lipinski definition) is 0. The Labute approximate surface area is 97.3 Å². The summed E-state index contributed by atoms with van der Waals surface area (Å²) in [7, 11) is 3.79. The Balaban J connectivity index is 1.88. The lowest BCUT2D eigenvalue weighted by molar-refractivity contribution is -0.130. The van der Waals surface area contributed by atoms with E-state index in [0.29, 0.717) is 5.91 Å². The number of hydrogen-bond acceptors (Lipinski definition) is 4. The van der Waals surface area contributed by atoms with Crippen molar-refractivity contribution in [3.8, 4) is 0 Å². The normalized spacial score (nSPS) is 28.9. The molecule has 0 spiro atoms. The van der Waals surface area contributed by atoms with Crippen molar-refractivity contribution in [2.45, 2.75) is 18.1 Å². The molecule has 0 aromatic carbocycles. The second-order valence-corrected chi connectivity index (χ2v) is 7.48. The van der Waals surface area contributed by atoms with E-state index in [-0.39, 0.29) is 5.25 Å². The van der Waals surface area contributed by atoms with Crippen LogP contribution in [0.15, 0.2) is 0 Å². The van der Waals surface area contributed by atoms with Crippen LogP contribution < -0.4 is 0 Å². The van der Waals surface area contributed by atoms with E-state index in [9.17, 15) is 4.79 Å². The Hall–Kier alpha value is 0.520. The van der Waals surface area contributed by atoms with Crippen LogP contribution in [0.2, 0.25) is 0 Å². The van der Waals surface area contributed by atoms with Crippen molar-refractivity contribution in [1.29, 1.82) is 0 Å². The molecule has 0 bridgehead atoms. The molecule has 0 aromatic heterocycles. The summed E-state index contributed by atoms with van der Waals surface area (Å²) in [5, 5.41) is 0.281. The fourth-order valence-corrected chi connectivity index (χ4v) is 4.94. The molecule has 1 amide bonds. The van der Waals surface area contributed by atoms with Gasteiger partial charge in [0.05, 0.1) is 5.25 Å². The molecule has 2 saturated heterocycles. The molecule has 2 rings (SSSR count). The standard InChI is InChI=1S/C9H15NOS3/c11-9(8-2-1-5-12-8)10-3-6-13-14-7-4-10/h8H,1-7H2. The Morgan fingerprint density at radius 3 is 2.43 bits per heavy atom. The summed E-state index contributed by atoms with van der Waals surface area (Å²) in [5.74, 6) is 3.76. The maximum atomic E-state index is 12.0. The van der Waals surface area contributed by atoms with E-state index in [4.69, 9.17) is 0 Å². The van der Waals surface area contributed by atoms with E-state index in [1.165, 1.54) is 12.2 Å². The number of carbonyl (C=O) groups is 1. The van der Waals surface area contributed by atoms with E-state index in [1.807, 2.05) is 33.3 Å². The SMILES string of the molecule is O=C(C1CCCS1)N1CCSSCC1. The molecule has 1 atom stereocenters. The third-order valence-corrected chi connectivity index (χ3v) is 6.22. The van der Waals surface area contributed by atoms with Gasteiger partial charge in [0.2, 0.25) is 5.91 Å². The molecule has 0 radical (unpaired) electrons. The maximum absolute atomic E-state index is 12.0. The van der Waals surface area contributed by atoms with Crippen LogP contribution in [0.3, 0.4) is 0 Å². The van der Waals surface area contributed by atoms with E-state index in [1.54, 1.807) is 0 Å². The molecule has 2 aliphatic heterocycles. The van der Waals surface area contributed by atoms with Gasteiger partial charge in [-0.1, -0.05) is 21.6 Å².